The van der Waals surface area contributed by atoms with E-state index in [1.807, 2.05) is 0 Å². The second kappa shape index (κ2) is 3.98. The van der Waals surface area contributed by atoms with Gasteiger partial charge in [0.15, 0.2) is 5.75 Å². The van der Waals surface area contributed by atoms with Crippen molar-refractivity contribution >= 4 is 0 Å². The van der Waals surface area contributed by atoms with Gasteiger partial charge in [0.25, 0.3) is 5.09 Å². The summed E-state index contributed by atoms with van der Waals surface area (Å²) in [5, 5.41) is 17.6. The van der Waals surface area contributed by atoms with Crippen LogP contribution in [0, 0.1) is 20.2 Å². The first kappa shape index (κ1) is 9.64. The van der Waals surface area contributed by atoms with Crippen LogP contribution >= 0.6 is 0 Å². The lowest BCUT2D eigenvalue weighted by molar-refractivity contribution is -0.722. The Kier molecular flexibility index (Phi) is 2.74. The van der Waals surface area contributed by atoms with E-state index in [1.165, 1.54) is 12.3 Å². The molecule has 0 saturated carbocycles. The predicted molar refractivity (Wildman–Crippen MR) is 39.5 cm³/mol. The van der Waals surface area contributed by atoms with Crippen molar-refractivity contribution in [2.75, 3.05) is 0 Å². The average molecular weight is 201 g/mol. The quantitative estimate of drug-likeness (QED) is 0.504. The number of hydrogen-bond donors (Lipinski definition) is 0. The van der Waals surface area contributed by atoms with E-state index in [0.29, 0.717) is 0 Å². The van der Waals surface area contributed by atoms with Gasteiger partial charge >= 0.3 is 5.09 Å². The van der Waals surface area contributed by atoms with Crippen LogP contribution in [0.2, 0.25) is 0 Å². The summed E-state index contributed by atoms with van der Waals surface area (Å²) in [4.78, 5) is 31.1. The second-order valence-electron chi connectivity index (χ2n) is 1.94. The first-order chi connectivity index (χ1) is 6.59. The van der Waals surface area contributed by atoms with Gasteiger partial charge in [0.1, 0.15) is 0 Å². The van der Waals surface area contributed by atoms with Crippen molar-refractivity contribution in [3.63, 3.8) is 0 Å². The largest absolute Gasteiger partial charge is 0.301 e. The fourth-order valence-corrected chi connectivity index (χ4v) is 0.665. The lowest BCUT2D eigenvalue weighted by atomic mass is 10.4. The summed E-state index contributed by atoms with van der Waals surface area (Å²) >= 11 is 0. The predicted octanol–water partition coefficient (Wildman–Crippen LogP) is 0.223. The van der Waals surface area contributed by atoms with Crippen LogP contribution in [0.25, 0.3) is 0 Å². The molecule has 0 N–H and O–H groups in total. The maximum atomic E-state index is 9.94. The molecule has 1 heterocycles. The minimum absolute atomic E-state index is 0.436. The number of pyridine rings is 1. The average Bonchev–Trinajstić information content (AvgIpc) is 2.06. The van der Waals surface area contributed by atoms with Crippen LogP contribution in [0.5, 0.6) is 11.6 Å². The summed E-state index contributed by atoms with van der Waals surface area (Å²) in [7, 11) is 0. The van der Waals surface area contributed by atoms with Gasteiger partial charge in [-0.15, -0.1) is 20.2 Å². The van der Waals surface area contributed by atoms with E-state index < -0.39 is 21.8 Å². The molecule has 1 aromatic heterocycles. The zero-order chi connectivity index (χ0) is 10.6. The molecule has 0 aliphatic carbocycles. The van der Waals surface area contributed by atoms with Gasteiger partial charge in [-0.2, -0.15) is 0 Å². The highest BCUT2D eigenvalue weighted by atomic mass is 17.0. The molecule has 1 aromatic rings. The van der Waals surface area contributed by atoms with Crippen LogP contribution in [0.15, 0.2) is 18.3 Å². The molecular formula is C5H3N3O6. The summed E-state index contributed by atoms with van der Waals surface area (Å²) in [5.74, 6) is -1.01. The van der Waals surface area contributed by atoms with E-state index in [9.17, 15) is 20.2 Å². The van der Waals surface area contributed by atoms with Crippen molar-refractivity contribution in [3.05, 3.63) is 38.6 Å². The van der Waals surface area contributed by atoms with Gasteiger partial charge in [0.2, 0.25) is 5.88 Å². The number of aromatic nitrogens is 1. The molecule has 14 heavy (non-hydrogen) atoms. The third kappa shape index (κ3) is 2.55. The van der Waals surface area contributed by atoms with Gasteiger partial charge in [-0.1, -0.05) is 0 Å². The van der Waals surface area contributed by atoms with E-state index in [1.54, 1.807) is 0 Å². The Morgan fingerprint density at radius 3 is 2.43 bits per heavy atom. The molecule has 0 radical (unpaired) electrons. The van der Waals surface area contributed by atoms with Crippen molar-refractivity contribution in [3.8, 4) is 11.6 Å². The molecule has 0 bridgehead atoms. The molecule has 0 unspecified atom stereocenters. The first-order valence-corrected chi connectivity index (χ1v) is 3.19. The molecule has 0 fully saturated rings. The Morgan fingerprint density at radius 1 is 1.21 bits per heavy atom. The zero-order valence-electron chi connectivity index (χ0n) is 6.52. The van der Waals surface area contributed by atoms with Crippen molar-refractivity contribution < 1.29 is 19.8 Å². The van der Waals surface area contributed by atoms with Crippen LogP contribution in [0.1, 0.15) is 0 Å². The van der Waals surface area contributed by atoms with Crippen molar-refractivity contribution in [1.82, 2.24) is 4.98 Å². The van der Waals surface area contributed by atoms with Crippen molar-refractivity contribution in [1.29, 1.82) is 0 Å². The molecule has 9 heteroatoms. The third-order valence-electron chi connectivity index (χ3n) is 1.07. The van der Waals surface area contributed by atoms with Crippen LogP contribution < -0.4 is 9.68 Å². The maximum absolute atomic E-state index is 9.94. The fourth-order valence-electron chi connectivity index (χ4n) is 0.665. The summed E-state index contributed by atoms with van der Waals surface area (Å²) in [6.45, 7) is 0. The molecule has 0 aromatic carbocycles. The molecule has 0 atom stereocenters. The highest BCUT2D eigenvalue weighted by Crippen LogP contribution is 2.23. The molecule has 0 aliphatic heterocycles. The first-order valence-electron chi connectivity index (χ1n) is 3.19. The minimum atomic E-state index is -1.14. The van der Waals surface area contributed by atoms with Gasteiger partial charge in [0, 0.05) is 6.20 Å². The summed E-state index contributed by atoms with van der Waals surface area (Å²) in [6, 6.07) is 2.43. The third-order valence-corrected chi connectivity index (χ3v) is 1.07. The number of rotatable bonds is 4. The standard InChI is InChI=1S/C5H3N3O6/c9-7(10)13-4-2-1-3-6-5(4)14-8(11)12/h1-3H. The Bertz CT molecular complexity index is 331. The molecule has 0 spiro atoms. The summed E-state index contributed by atoms with van der Waals surface area (Å²) in [5.41, 5.74) is 0. The smallest absolute Gasteiger partial charge is 0.272 e. The van der Waals surface area contributed by atoms with Gasteiger partial charge in [-0.25, -0.2) is 4.98 Å². The van der Waals surface area contributed by atoms with Crippen molar-refractivity contribution in [2.45, 2.75) is 0 Å². The highest BCUT2D eigenvalue weighted by Gasteiger charge is 2.11. The minimum Gasteiger partial charge on any atom is -0.272 e. The van der Waals surface area contributed by atoms with E-state index in [4.69, 9.17) is 0 Å². The maximum Gasteiger partial charge on any atom is 0.301 e. The SMILES string of the molecule is O=[N+]([O-])Oc1cccnc1O[N+](=O)[O-]. The van der Waals surface area contributed by atoms with Crippen LogP contribution in [-0.2, 0) is 0 Å². The van der Waals surface area contributed by atoms with Gasteiger partial charge in [-0.3, -0.25) is 9.68 Å². The van der Waals surface area contributed by atoms with E-state index in [0.717, 1.165) is 6.07 Å². The molecular weight excluding hydrogens is 198 g/mol. The Morgan fingerprint density at radius 2 is 1.86 bits per heavy atom. The Labute approximate surface area is 76.1 Å². The molecule has 9 nitrogen and oxygen atoms in total. The summed E-state index contributed by atoms with van der Waals surface area (Å²) < 4.78 is 0. The van der Waals surface area contributed by atoms with Crippen LogP contribution in [-0.4, -0.2) is 15.2 Å². The van der Waals surface area contributed by atoms with E-state index in [2.05, 4.69) is 14.7 Å². The van der Waals surface area contributed by atoms with E-state index >= 15 is 0 Å². The van der Waals surface area contributed by atoms with E-state index in [-0.39, 0.29) is 0 Å². The molecule has 0 amide bonds. The Balaban J connectivity index is 2.90. The lowest BCUT2D eigenvalue weighted by Gasteiger charge is -2.02. The normalized spacial score (nSPS) is 9.14. The summed E-state index contributed by atoms with van der Waals surface area (Å²) in [6.07, 6.45) is 1.17. The molecule has 0 saturated heterocycles. The van der Waals surface area contributed by atoms with Gasteiger partial charge in [0.05, 0.1) is 0 Å². The van der Waals surface area contributed by atoms with Crippen LogP contribution in [0.3, 0.4) is 0 Å². The fraction of sp³-hybridized carbons (Fsp3) is 0. The molecule has 74 valence electrons. The highest BCUT2D eigenvalue weighted by molar-refractivity contribution is 5.31. The zero-order valence-corrected chi connectivity index (χ0v) is 6.52. The molecule has 1 rings (SSSR count). The number of nitrogens with zero attached hydrogens (tertiary/aromatic N) is 3. The lowest BCUT2D eigenvalue weighted by Crippen LogP contribution is -2.09. The Hall–Kier alpha value is -2.45. The monoisotopic (exact) mass is 201 g/mol. The topological polar surface area (TPSA) is 118 Å². The van der Waals surface area contributed by atoms with Gasteiger partial charge in [-0.05, 0) is 12.1 Å². The van der Waals surface area contributed by atoms with Crippen molar-refractivity contribution in [2.24, 2.45) is 0 Å². The van der Waals surface area contributed by atoms with Crippen LogP contribution in [0.4, 0.5) is 0 Å². The van der Waals surface area contributed by atoms with Gasteiger partial charge < -0.3 is 0 Å². The number of hydrogen-bond acceptors (Lipinski definition) is 7. The second-order valence-corrected chi connectivity index (χ2v) is 1.94. The molecule has 0 aliphatic rings.